The lowest BCUT2D eigenvalue weighted by molar-refractivity contribution is 0.364. The molecule has 0 unspecified atom stereocenters. The van der Waals surface area contributed by atoms with Gasteiger partial charge < -0.3 is 9.84 Å². The van der Waals surface area contributed by atoms with Gasteiger partial charge in [0.2, 0.25) is 5.89 Å². The minimum atomic E-state index is 0.574. The summed E-state index contributed by atoms with van der Waals surface area (Å²) in [5.41, 5.74) is 3.30. The molecule has 2 aromatic heterocycles. The molecule has 0 spiro atoms. The van der Waals surface area contributed by atoms with Gasteiger partial charge in [0.25, 0.3) is 0 Å². The van der Waals surface area contributed by atoms with Gasteiger partial charge in [0, 0.05) is 17.8 Å². The number of hydrogen-bond donors (Lipinski definition) is 2. The molecule has 6 heteroatoms. The first kappa shape index (κ1) is 10.8. The lowest BCUT2D eigenvalue weighted by Gasteiger charge is -2.01. The minimum Gasteiger partial charge on any atom is -0.338 e. The van der Waals surface area contributed by atoms with Gasteiger partial charge in [-0.05, 0) is 20.8 Å². The molecule has 0 aliphatic rings. The van der Waals surface area contributed by atoms with Crippen LogP contribution in [0.4, 0.5) is 0 Å². The number of aryl methyl sites for hydroxylation is 3. The number of rotatable bonds is 4. The molecule has 0 radical (unpaired) electrons. The summed E-state index contributed by atoms with van der Waals surface area (Å²) in [4.78, 5) is 4.11. The molecular weight excluding hydrogens is 206 g/mol. The van der Waals surface area contributed by atoms with Crippen molar-refractivity contribution >= 4 is 0 Å². The number of aromatic amines is 1. The van der Waals surface area contributed by atoms with E-state index in [4.69, 9.17) is 4.52 Å². The Kier molecular flexibility index (Phi) is 3.00. The predicted molar refractivity (Wildman–Crippen MR) is 57.6 cm³/mol. The van der Waals surface area contributed by atoms with Crippen molar-refractivity contribution in [2.24, 2.45) is 0 Å². The Balaban J connectivity index is 1.89. The van der Waals surface area contributed by atoms with E-state index in [0.29, 0.717) is 18.3 Å². The van der Waals surface area contributed by atoms with E-state index < -0.39 is 0 Å². The zero-order valence-electron chi connectivity index (χ0n) is 9.66. The minimum absolute atomic E-state index is 0.574. The molecule has 2 heterocycles. The topological polar surface area (TPSA) is 79.6 Å². The third-order valence-corrected chi connectivity index (χ3v) is 2.43. The second-order valence-electron chi connectivity index (χ2n) is 3.75. The van der Waals surface area contributed by atoms with Gasteiger partial charge in [-0.3, -0.25) is 5.10 Å². The van der Waals surface area contributed by atoms with Crippen LogP contribution in [0.5, 0.6) is 0 Å². The maximum atomic E-state index is 5.00. The van der Waals surface area contributed by atoms with Crippen molar-refractivity contribution in [2.75, 3.05) is 0 Å². The molecule has 2 rings (SSSR count). The van der Waals surface area contributed by atoms with Gasteiger partial charge in [-0.1, -0.05) is 5.16 Å². The van der Waals surface area contributed by atoms with Crippen LogP contribution in [0.15, 0.2) is 4.52 Å². The molecule has 0 bridgehead atoms. The molecule has 0 fully saturated rings. The average Bonchev–Trinajstić information content (AvgIpc) is 2.78. The monoisotopic (exact) mass is 221 g/mol. The molecule has 0 aliphatic heterocycles. The van der Waals surface area contributed by atoms with Crippen LogP contribution in [0.3, 0.4) is 0 Å². The fourth-order valence-electron chi connectivity index (χ4n) is 1.54. The summed E-state index contributed by atoms with van der Waals surface area (Å²) in [5.74, 6) is 1.27. The maximum absolute atomic E-state index is 5.00. The first-order valence-corrected chi connectivity index (χ1v) is 5.17. The Morgan fingerprint density at radius 1 is 1.25 bits per heavy atom. The molecule has 0 aliphatic carbocycles. The normalized spacial score (nSPS) is 10.9. The van der Waals surface area contributed by atoms with Crippen molar-refractivity contribution in [1.82, 2.24) is 25.7 Å². The van der Waals surface area contributed by atoms with E-state index in [0.717, 1.165) is 17.9 Å². The molecule has 2 N–H and O–H groups in total. The van der Waals surface area contributed by atoms with Crippen LogP contribution in [-0.4, -0.2) is 20.3 Å². The third kappa shape index (κ3) is 2.27. The van der Waals surface area contributed by atoms with Crippen LogP contribution in [0.25, 0.3) is 0 Å². The summed E-state index contributed by atoms with van der Waals surface area (Å²) >= 11 is 0. The highest BCUT2D eigenvalue weighted by Crippen LogP contribution is 2.08. The zero-order valence-corrected chi connectivity index (χ0v) is 9.66. The molecule has 0 aromatic carbocycles. The van der Waals surface area contributed by atoms with E-state index in [-0.39, 0.29) is 0 Å². The Labute approximate surface area is 93.4 Å². The van der Waals surface area contributed by atoms with Crippen LogP contribution >= 0.6 is 0 Å². The smallest absolute Gasteiger partial charge is 0.240 e. The SMILES string of the molecule is Cc1noc(CNCc2c(C)n[nH]c2C)n1. The third-order valence-electron chi connectivity index (χ3n) is 2.43. The lowest BCUT2D eigenvalue weighted by atomic mass is 10.2. The van der Waals surface area contributed by atoms with Crippen LogP contribution in [0, 0.1) is 20.8 Å². The van der Waals surface area contributed by atoms with Crippen molar-refractivity contribution in [3.8, 4) is 0 Å². The van der Waals surface area contributed by atoms with Crippen LogP contribution in [0.1, 0.15) is 28.7 Å². The number of H-pyrrole nitrogens is 1. The second-order valence-corrected chi connectivity index (χ2v) is 3.75. The van der Waals surface area contributed by atoms with Crippen LogP contribution in [0.2, 0.25) is 0 Å². The predicted octanol–water partition coefficient (Wildman–Crippen LogP) is 1.01. The first-order chi connectivity index (χ1) is 7.66. The van der Waals surface area contributed by atoms with E-state index in [1.54, 1.807) is 6.92 Å². The largest absolute Gasteiger partial charge is 0.338 e. The first-order valence-electron chi connectivity index (χ1n) is 5.17. The van der Waals surface area contributed by atoms with Gasteiger partial charge in [-0.15, -0.1) is 0 Å². The second kappa shape index (κ2) is 4.44. The highest BCUT2D eigenvalue weighted by Gasteiger charge is 2.06. The molecule has 86 valence electrons. The summed E-state index contributed by atoms with van der Waals surface area (Å²) in [5, 5.41) is 14.0. The summed E-state index contributed by atoms with van der Waals surface area (Å²) in [7, 11) is 0. The van der Waals surface area contributed by atoms with E-state index in [1.165, 1.54) is 5.56 Å². The average molecular weight is 221 g/mol. The molecule has 0 saturated carbocycles. The van der Waals surface area contributed by atoms with E-state index in [9.17, 15) is 0 Å². The summed E-state index contributed by atoms with van der Waals surface area (Å²) in [6.07, 6.45) is 0. The van der Waals surface area contributed by atoms with Crippen molar-refractivity contribution in [3.63, 3.8) is 0 Å². The van der Waals surface area contributed by atoms with E-state index >= 15 is 0 Å². The van der Waals surface area contributed by atoms with Gasteiger partial charge in [-0.25, -0.2) is 0 Å². The van der Waals surface area contributed by atoms with Crippen molar-refractivity contribution in [2.45, 2.75) is 33.9 Å². The number of hydrogen-bond acceptors (Lipinski definition) is 5. The molecule has 2 aromatic rings. The number of aromatic nitrogens is 4. The Morgan fingerprint density at radius 2 is 2.06 bits per heavy atom. The standard InChI is InChI=1S/C10H15N5O/c1-6-9(7(2)14-13-6)4-11-5-10-12-8(3)15-16-10/h11H,4-5H2,1-3H3,(H,13,14). The quantitative estimate of drug-likeness (QED) is 0.805. The Bertz CT molecular complexity index is 454. The van der Waals surface area contributed by atoms with Gasteiger partial charge in [0.15, 0.2) is 5.82 Å². The summed E-state index contributed by atoms with van der Waals surface area (Å²) in [6, 6.07) is 0. The maximum Gasteiger partial charge on any atom is 0.240 e. The van der Waals surface area contributed by atoms with E-state index in [1.807, 2.05) is 13.8 Å². The van der Waals surface area contributed by atoms with Crippen LogP contribution < -0.4 is 5.32 Å². The lowest BCUT2D eigenvalue weighted by Crippen LogP contribution is -2.14. The molecule has 0 saturated heterocycles. The van der Waals surface area contributed by atoms with Gasteiger partial charge in [0.1, 0.15) is 0 Å². The number of nitrogens with zero attached hydrogens (tertiary/aromatic N) is 3. The Morgan fingerprint density at radius 3 is 2.62 bits per heavy atom. The summed E-state index contributed by atoms with van der Waals surface area (Å²) in [6.45, 7) is 7.11. The molecule has 16 heavy (non-hydrogen) atoms. The fraction of sp³-hybridized carbons (Fsp3) is 0.500. The summed E-state index contributed by atoms with van der Waals surface area (Å²) < 4.78 is 5.00. The van der Waals surface area contributed by atoms with Crippen molar-refractivity contribution < 1.29 is 4.52 Å². The van der Waals surface area contributed by atoms with Crippen LogP contribution in [-0.2, 0) is 13.1 Å². The van der Waals surface area contributed by atoms with E-state index in [2.05, 4.69) is 25.7 Å². The Hall–Kier alpha value is -1.69. The van der Waals surface area contributed by atoms with Gasteiger partial charge >= 0.3 is 0 Å². The molecular formula is C10H15N5O. The molecule has 0 atom stereocenters. The molecule has 6 nitrogen and oxygen atoms in total. The van der Waals surface area contributed by atoms with Gasteiger partial charge in [-0.2, -0.15) is 10.1 Å². The number of nitrogens with one attached hydrogen (secondary N) is 2. The highest BCUT2D eigenvalue weighted by molar-refractivity contribution is 5.22. The molecule has 0 amide bonds. The van der Waals surface area contributed by atoms with Gasteiger partial charge in [0.05, 0.1) is 12.2 Å². The fourth-order valence-corrected chi connectivity index (χ4v) is 1.54. The van der Waals surface area contributed by atoms with Crippen molar-refractivity contribution in [1.29, 1.82) is 0 Å². The zero-order chi connectivity index (χ0) is 11.5. The van der Waals surface area contributed by atoms with Crippen molar-refractivity contribution in [3.05, 3.63) is 28.7 Å². The highest BCUT2D eigenvalue weighted by atomic mass is 16.5.